The second-order valence-electron chi connectivity index (χ2n) is 7.46. The highest BCUT2D eigenvalue weighted by Gasteiger charge is 2.11. The van der Waals surface area contributed by atoms with Crippen LogP contribution in [0, 0.1) is 6.92 Å². The first-order valence-electron chi connectivity index (χ1n) is 10.2. The molecule has 32 heavy (non-hydrogen) atoms. The van der Waals surface area contributed by atoms with E-state index in [2.05, 4.69) is 27.3 Å². The summed E-state index contributed by atoms with van der Waals surface area (Å²) in [5, 5.41) is 20.4. The maximum atomic E-state index is 10.5. The van der Waals surface area contributed by atoms with E-state index in [9.17, 15) is 13.0 Å². The highest BCUT2D eigenvalue weighted by Crippen LogP contribution is 2.24. The first kappa shape index (κ1) is 23.8. The van der Waals surface area contributed by atoms with Gasteiger partial charge < -0.3 is 14.6 Å². The predicted molar refractivity (Wildman–Crippen MR) is 123 cm³/mol. The zero-order valence-corrected chi connectivity index (χ0v) is 19.6. The molecule has 8 nitrogen and oxygen atoms in total. The van der Waals surface area contributed by atoms with Crippen molar-refractivity contribution < 1.29 is 22.6 Å². The van der Waals surface area contributed by atoms with E-state index in [-0.39, 0.29) is 10.6 Å². The number of nitrogens with zero attached hydrogens (tertiary/aromatic N) is 4. The highest BCUT2D eigenvalue weighted by atomic mass is 32.2. The molecule has 0 saturated carbocycles. The quantitative estimate of drug-likeness (QED) is 0.338. The molecule has 1 saturated heterocycles. The van der Waals surface area contributed by atoms with Gasteiger partial charge in [-0.25, -0.2) is 13.0 Å². The Morgan fingerprint density at radius 3 is 2.31 bits per heavy atom. The second kappa shape index (κ2) is 10.7. The first-order valence-corrected chi connectivity index (χ1v) is 12.5. The summed E-state index contributed by atoms with van der Waals surface area (Å²) < 4.78 is 33.6. The minimum atomic E-state index is -4.47. The summed E-state index contributed by atoms with van der Waals surface area (Å²) in [6.45, 7) is 3.84. The Labute approximate surface area is 192 Å². The first-order chi connectivity index (χ1) is 15.2. The van der Waals surface area contributed by atoms with Gasteiger partial charge in [0, 0.05) is 24.2 Å². The van der Waals surface area contributed by atoms with E-state index < -0.39 is 10.1 Å². The van der Waals surface area contributed by atoms with Crippen molar-refractivity contribution in [2.45, 2.75) is 31.1 Å². The van der Waals surface area contributed by atoms with Crippen LogP contribution in [0.5, 0.6) is 5.75 Å². The van der Waals surface area contributed by atoms with Gasteiger partial charge in [0.05, 0.1) is 17.1 Å². The molecule has 2 aromatic carbocycles. The molecular formula is C22H26N4O4S2. The molecule has 1 N–H and O–H groups in total. The molecule has 1 fully saturated rings. The number of hydrogen-bond acceptors (Lipinski definition) is 8. The van der Waals surface area contributed by atoms with E-state index in [0.717, 1.165) is 16.9 Å². The van der Waals surface area contributed by atoms with Crippen LogP contribution in [0.25, 0.3) is 0 Å². The third-order valence-electron chi connectivity index (χ3n) is 5.02. The van der Waals surface area contributed by atoms with E-state index in [4.69, 9.17) is 5.11 Å². The fraction of sp³-hybridized carbons (Fsp3) is 0.318. The molecule has 4 rings (SSSR count). The number of phenolic OH excluding ortho intramolecular Hbond substituents is 1. The topological polar surface area (TPSA) is 109 Å². The summed E-state index contributed by atoms with van der Waals surface area (Å²) in [4.78, 5) is 2.08. The lowest BCUT2D eigenvalue weighted by Gasteiger charge is -2.28. The molecule has 0 amide bonds. The van der Waals surface area contributed by atoms with Gasteiger partial charge in [0.2, 0.25) is 0 Å². The van der Waals surface area contributed by atoms with Crippen molar-refractivity contribution in [3.8, 4) is 5.75 Å². The molecule has 0 aliphatic carbocycles. The van der Waals surface area contributed by atoms with Crippen molar-refractivity contribution in [2.75, 3.05) is 18.0 Å². The van der Waals surface area contributed by atoms with E-state index >= 15 is 0 Å². The maximum Gasteiger partial charge on any atom is 0.408 e. The van der Waals surface area contributed by atoms with Crippen molar-refractivity contribution in [1.82, 2.24) is 0 Å². The highest BCUT2D eigenvalue weighted by molar-refractivity contribution is 7.85. The Morgan fingerprint density at radius 2 is 1.75 bits per heavy atom. The van der Waals surface area contributed by atoms with Crippen molar-refractivity contribution >= 4 is 38.0 Å². The Balaban J connectivity index is 0.000000207. The van der Waals surface area contributed by atoms with Crippen LogP contribution in [-0.2, 0) is 17.2 Å². The number of aromatic hydroxyl groups is 1. The summed E-state index contributed by atoms with van der Waals surface area (Å²) in [5.41, 5.74) is 2.53. The van der Waals surface area contributed by atoms with Crippen LogP contribution in [0.1, 0.15) is 24.8 Å². The molecular weight excluding hydrogens is 448 g/mol. The Morgan fingerprint density at radius 1 is 1.06 bits per heavy atom. The number of anilines is 1. The van der Waals surface area contributed by atoms with Crippen LogP contribution in [0.15, 0.2) is 69.2 Å². The van der Waals surface area contributed by atoms with Crippen LogP contribution in [0.3, 0.4) is 0 Å². The molecule has 0 atom stereocenters. The van der Waals surface area contributed by atoms with Gasteiger partial charge in [-0.3, -0.25) is 0 Å². The predicted octanol–water partition coefficient (Wildman–Crippen LogP) is 4.58. The minimum Gasteiger partial charge on any atom is -0.744 e. The summed E-state index contributed by atoms with van der Waals surface area (Å²) >= 11 is 1.59. The zero-order valence-electron chi connectivity index (χ0n) is 18.0. The average molecular weight is 475 g/mol. The number of thiazole rings is 1. The number of azo groups is 1. The Kier molecular flexibility index (Phi) is 7.94. The van der Waals surface area contributed by atoms with Gasteiger partial charge in [-0.05, 0) is 84.6 Å². The van der Waals surface area contributed by atoms with Crippen molar-refractivity contribution in [2.24, 2.45) is 17.3 Å². The van der Waals surface area contributed by atoms with E-state index in [1.165, 1.54) is 57.1 Å². The third kappa shape index (κ3) is 6.59. The van der Waals surface area contributed by atoms with Crippen LogP contribution >= 0.6 is 11.3 Å². The lowest BCUT2D eigenvalue weighted by atomic mass is 10.1. The molecule has 0 radical (unpaired) electrons. The molecule has 1 aliphatic rings. The van der Waals surface area contributed by atoms with E-state index in [1.807, 2.05) is 35.3 Å². The standard InChI is InChI=1S/C15H19N4S.C7H8O4S/c1-18-11-12-20-15(18)17-16-13-5-7-14(8-6-13)19-9-3-2-4-10-19;1-5-2-3-6(8)4-7(5)12(9,10)11/h5-8,11-12H,2-4,9-10H2,1H3;2-4,8H,1H3,(H,9,10,11)/q+1;/p-1. The second-order valence-corrected chi connectivity index (χ2v) is 9.69. The van der Waals surface area contributed by atoms with E-state index in [1.54, 1.807) is 11.3 Å². The molecule has 170 valence electrons. The molecule has 0 unspecified atom stereocenters. The Bertz CT molecular complexity index is 1170. The summed E-state index contributed by atoms with van der Waals surface area (Å²) in [7, 11) is -2.49. The normalized spacial score (nSPS) is 14.3. The monoisotopic (exact) mass is 474 g/mol. The number of benzene rings is 2. The van der Waals surface area contributed by atoms with E-state index in [0.29, 0.717) is 5.56 Å². The van der Waals surface area contributed by atoms with Crippen LogP contribution < -0.4 is 9.47 Å². The average Bonchev–Trinajstić information content (AvgIpc) is 3.19. The number of hydrogen-bond donors (Lipinski definition) is 1. The lowest BCUT2D eigenvalue weighted by Crippen LogP contribution is -2.29. The van der Waals surface area contributed by atoms with Crippen molar-refractivity contribution in [1.29, 1.82) is 0 Å². The summed E-state index contributed by atoms with van der Waals surface area (Å²) in [5.74, 6) is -0.227. The smallest absolute Gasteiger partial charge is 0.408 e. The maximum absolute atomic E-state index is 10.5. The zero-order chi connectivity index (χ0) is 23.1. The molecule has 3 aromatic rings. The van der Waals surface area contributed by atoms with Crippen molar-refractivity contribution in [3.05, 3.63) is 59.6 Å². The van der Waals surface area contributed by atoms with Gasteiger partial charge in [-0.1, -0.05) is 6.07 Å². The molecule has 0 spiro atoms. The number of aromatic nitrogens is 1. The SMILES string of the molecule is C[n+]1ccsc1N=Nc1ccc(N2CCCCC2)cc1.Cc1ccc(O)cc1S(=O)(=O)[O-]. The molecule has 0 bridgehead atoms. The van der Waals surface area contributed by atoms with Gasteiger partial charge in [0.15, 0.2) is 0 Å². The lowest BCUT2D eigenvalue weighted by molar-refractivity contribution is -0.654. The summed E-state index contributed by atoms with van der Waals surface area (Å²) in [6.07, 6.45) is 5.95. The fourth-order valence-electron chi connectivity index (χ4n) is 3.26. The Hall–Kier alpha value is -2.82. The van der Waals surface area contributed by atoms with Crippen LogP contribution in [-0.4, -0.2) is 31.2 Å². The fourth-order valence-corrected chi connectivity index (χ4v) is 4.67. The number of piperidine rings is 1. The van der Waals surface area contributed by atoms with Crippen molar-refractivity contribution in [3.63, 3.8) is 0 Å². The number of aryl methyl sites for hydroxylation is 2. The molecule has 2 heterocycles. The van der Waals surface area contributed by atoms with Gasteiger partial charge in [-0.2, -0.15) is 0 Å². The number of phenols is 1. The van der Waals surface area contributed by atoms with Gasteiger partial charge in [0.1, 0.15) is 27.8 Å². The third-order valence-corrected chi connectivity index (χ3v) is 6.84. The van der Waals surface area contributed by atoms with Crippen LogP contribution in [0.2, 0.25) is 0 Å². The summed E-state index contributed by atoms with van der Waals surface area (Å²) in [6, 6.07) is 12.0. The van der Waals surface area contributed by atoms with Gasteiger partial charge in [-0.15, -0.1) is 0 Å². The molecule has 1 aromatic heterocycles. The van der Waals surface area contributed by atoms with Gasteiger partial charge in [0.25, 0.3) is 0 Å². The van der Waals surface area contributed by atoms with Gasteiger partial charge >= 0.3 is 5.13 Å². The largest absolute Gasteiger partial charge is 0.744 e. The molecule has 1 aliphatic heterocycles. The molecule has 10 heteroatoms. The minimum absolute atomic E-state index is 0.227. The van der Waals surface area contributed by atoms with Crippen LogP contribution in [0.4, 0.5) is 16.5 Å². The number of rotatable bonds is 4.